The number of benzene rings is 1. The molecule has 154 valence electrons. The molecule has 1 atom stereocenters. The van der Waals surface area contributed by atoms with Crippen molar-refractivity contribution < 1.29 is 14.3 Å². The van der Waals surface area contributed by atoms with Gasteiger partial charge in [-0.1, -0.05) is 35.6 Å². The summed E-state index contributed by atoms with van der Waals surface area (Å²) in [4.78, 5) is 32.0. The third kappa shape index (κ3) is 3.53. The Morgan fingerprint density at radius 3 is 2.77 bits per heavy atom. The Morgan fingerprint density at radius 1 is 1.27 bits per heavy atom. The number of nitrogens with zero attached hydrogens (tertiary/aromatic N) is 2. The highest BCUT2D eigenvalue weighted by atomic mass is 32.1. The molecule has 8 heteroatoms. The summed E-state index contributed by atoms with van der Waals surface area (Å²) in [5.41, 5.74) is 1.56. The molecular weight excluding hydrogens is 420 g/mol. The van der Waals surface area contributed by atoms with Crippen LogP contribution in [-0.2, 0) is 9.53 Å². The van der Waals surface area contributed by atoms with E-state index in [2.05, 4.69) is 4.99 Å². The van der Waals surface area contributed by atoms with Gasteiger partial charge in [0.2, 0.25) is 0 Å². The Labute approximate surface area is 181 Å². The Hall–Kier alpha value is -2.97. The number of fused-ring (bicyclic) bond motifs is 1. The number of methoxy groups -OCH3 is 1. The first-order chi connectivity index (χ1) is 14.5. The van der Waals surface area contributed by atoms with Crippen LogP contribution in [0, 0.1) is 0 Å². The van der Waals surface area contributed by atoms with Crippen molar-refractivity contribution in [3.63, 3.8) is 0 Å². The van der Waals surface area contributed by atoms with Gasteiger partial charge in [-0.15, -0.1) is 11.3 Å². The standard InChI is InChI=1S/C22H20N2O4S2/c1-4-28-15-9-6-5-8-14(15)12-17-20(25)24-19(16-10-7-11-29-16)18(21(26)27-3)13(2)23-22(24)30-17/h5-12,19H,4H2,1-3H3/b17-12-/t19-/m1/s1. The molecule has 0 N–H and O–H groups in total. The molecule has 0 spiro atoms. The number of para-hydroxylation sites is 1. The molecule has 0 saturated carbocycles. The van der Waals surface area contributed by atoms with Gasteiger partial charge in [0.05, 0.1) is 29.5 Å². The lowest BCUT2D eigenvalue weighted by atomic mass is 10.0. The second-order valence-corrected chi connectivity index (χ2v) is 8.55. The minimum atomic E-state index is -0.557. The summed E-state index contributed by atoms with van der Waals surface area (Å²) in [6.45, 7) is 4.23. The topological polar surface area (TPSA) is 69.9 Å². The van der Waals surface area contributed by atoms with E-state index in [1.54, 1.807) is 11.5 Å². The summed E-state index contributed by atoms with van der Waals surface area (Å²) < 4.78 is 12.8. The molecule has 1 aliphatic heterocycles. The monoisotopic (exact) mass is 440 g/mol. The first-order valence-corrected chi connectivity index (χ1v) is 11.1. The van der Waals surface area contributed by atoms with Gasteiger partial charge in [-0.05, 0) is 37.4 Å². The van der Waals surface area contributed by atoms with E-state index >= 15 is 0 Å². The molecule has 1 aromatic carbocycles. The Balaban J connectivity index is 1.95. The van der Waals surface area contributed by atoms with Gasteiger partial charge in [-0.2, -0.15) is 0 Å². The van der Waals surface area contributed by atoms with E-state index in [4.69, 9.17) is 9.47 Å². The lowest BCUT2D eigenvalue weighted by Crippen LogP contribution is -2.39. The zero-order valence-corrected chi connectivity index (χ0v) is 18.4. The van der Waals surface area contributed by atoms with Gasteiger partial charge in [0, 0.05) is 10.4 Å². The van der Waals surface area contributed by atoms with E-state index in [0.717, 1.165) is 10.4 Å². The normalized spacial score (nSPS) is 16.2. The second-order valence-electron chi connectivity index (χ2n) is 6.56. The maximum absolute atomic E-state index is 13.4. The summed E-state index contributed by atoms with van der Waals surface area (Å²) in [6.07, 6.45) is 1.82. The molecule has 0 fully saturated rings. The fourth-order valence-electron chi connectivity index (χ4n) is 3.44. The third-order valence-corrected chi connectivity index (χ3v) is 6.65. The Kier molecular flexibility index (Phi) is 5.69. The molecule has 0 amide bonds. The highest BCUT2D eigenvalue weighted by molar-refractivity contribution is 7.10. The summed E-state index contributed by atoms with van der Waals surface area (Å²) in [5.74, 6) is 0.234. The number of allylic oxidation sites excluding steroid dienone is 1. The molecular formula is C22H20N2O4S2. The fourth-order valence-corrected chi connectivity index (χ4v) is 5.30. The molecule has 4 rings (SSSR count). The molecule has 3 heterocycles. The van der Waals surface area contributed by atoms with Crippen molar-refractivity contribution in [2.24, 2.45) is 4.99 Å². The Morgan fingerprint density at radius 2 is 2.07 bits per heavy atom. The summed E-state index contributed by atoms with van der Waals surface area (Å²) in [7, 11) is 1.34. The minimum Gasteiger partial charge on any atom is -0.493 e. The summed E-state index contributed by atoms with van der Waals surface area (Å²) in [6, 6.07) is 10.8. The lowest BCUT2D eigenvalue weighted by Gasteiger charge is -2.22. The molecule has 0 unspecified atom stereocenters. The van der Waals surface area contributed by atoms with Gasteiger partial charge in [0.1, 0.15) is 11.8 Å². The van der Waals surface area contributed by atoms with Gasteiger partial charge < -0.3 is 9.47 Å². The Bertz CT molecular complexity index is 1300. The van der Waals surface area contributed by atoms with Gasteiger partial charge >= 0.3 is 5.97 Å². The number of hydrogen-bond acceptors (Lipinski definition) is 7. The SMILES string of the molecule is CCOc1ccccc1/C=c1\sc2n(c1=O)[C@H](c1cccs1)C(C(=O)OC)=C(C)N=2. The molecule has 2 aromatic heterocycles. The van der Waals surface area contributed by atoms with Gasteiger partial charge in [0.15, 0.2) is 4.80 Å². The van der Waals surface area contributed by atoms with E-state index in [-0.39, 0.29) is 5.56 Å². The zero-order valence-electron chi connectivity index (χ0n) is 16.7. The van der Waals surface area contributed by atoms with Crippen molar-refractivity contribution in [1.29, 1.82) is 0 Å². The van der Waals surface area contributed by atoms with Crippen molar-refractivity contribution in [3.8, 4) is 5.75 Å². The molecule has 3 aromatic rings. The van der Waals surface area contributed by atoms with Crippen LogP contribution < -0.4 is 19.6 Å². The van der Waals surface area contributed by atoms with Crippen LogP contribution in [-0.4, -0.2) is 24.3 Å². The predicted octanol–water partition coefficient (Wildman–Crippen LogP) is 2.87. The van der Waals surface area contributed by atoms with Crippen molar-refractivity contribution in [2.75, 3.05) is 13.7 Å². The molecule has 0 bridgehead atoms. The summed E-state index contributed by atoms with van der Waals surface area (Å²) >= 11 is 2.79. The molecule has 0 radical (unpaired) electrons. The van der Waals surface area contributed by atoms with Crippen LogP contribution in [0.5, 0.6) is 5.75 Å². The fraction of sp³-hybridized carbons (Fsp3) is 0.227. The average molecular weight is 441 g/mol. The molecule has 6 nitrogen and oxygen atoms in total. The van der Waals surface area contributed by atoms with Crippen molar-refractivity contribution in [1.82, 2.24) is 4.57 Å². The molecule has 0 saturated heterocycles. The van der Waals surface area contributed by atoms with Crippen LogP contribution in [0.4, 0.5) is 0 Å². The minimum absolute atomic E-state index is 0.197. The molecule has 30 heavy (non-hydrogen) atoms. The number of carbonyl (C=O) groups is 1. The van der Waals surface area contributed by atoms with Crippen LogP contribution in [0.1, 0.15) is 30.3 Å². The van der Waals surface area contributed by atoms with E-state index in [0.29, 0.717) is 33.0 Å². The number of carbonyl (C=O) groups excluding carboxylic acids is 1. The smallest absolute Gasteiger partial charge is 0.338 e. The lowest BCUT2D eigenvalue weighted by molar-refractivity contribution is -0.136. The van der Waals surface area contributed by atoms with E-state index in [1.807, 2.05) is 54.8 Å². The van der Waals surface area contributed by atoms with Gasteiger partial charge in [-0.3, -0.25) is 9.36 Å². The first kappa shape index (κ1) is 20.3. The highest BCUT2D eigenvalue weighted by Gasteiger charge is 2.33. The van der Waals surface area contributed by atoms with Crippen LogP contribution in [0.25, 0.3) is 6.08 Å². The van der Waals surface area contributed by atoms with Crippen LogP contribution in [0.3, 0.4) is 0 Å². The zero-order chi connectivity index (χ0) is 21.3. The van der Waals surface area contributed by atoms with Crippen molar-refractivity contribution >= 4 is 34.7 Å². The van der Waals surface area contributed by atoms with E-state index < -0.39 is 12.0 Å². The largest absolute Gasteiger partial charge is 0.493 e. The number of thiazole rings is 1. The maximum Gasteiger partial charge on any atom is 0.338 e. The second kappa shape index (κ2) is 8.41. The number of aromatic nitrogens is 1. The maximum atomic E-state index is 13.4. The molecule has 1 aliphatic rings. The van der Waals surface area contributed by atoms with E-state index in [9.17, 15) is 9.59 Å². The van der Waals surface area contributed by atoms with Crippen molar-refractivity contribution in [3.05, 3.63) is 83.2 Å². The third-order valence-electron chi connectivity index (χ3n) is 4.75. The number of ether oxygens (including phenoxy) is 2. The highest BCUT2D eigenvalue weighted by Crippen LogP contribution is 2.33. The van der Waals surface area contributed by atoms with E-state index in [1.165, 1.54) is 29.8 Å². The van der Waals surface area contributed by atoms with Crippen LogP contribution in [0.15, 0.2) is 62.8 Å². The van der Waals surface area contributed by atoms with Crippen molar-refractivity contribution in [2.45, 2.75) is 19.9 Å². The molecule has 0 aliphatic carbocycles. The average Bonchev–Trinajstić information content (AvgIpc) is 3.37. The quantitative estimate of drug-likeness (QED) is 0.572. The number of hydrogen-bond donors (Lipinski definition) is 0. The number of thiophene rings is 1. The van der Waals surface area contributed by atoms with Gasteiger partial charge in [0.25, 0.3) is 5.56 Å². The number of esters is 1. The van der Waals surface area contributed by atoms with Gasteiger partial charge in [-0.25, -0.2) is 9.79 Å². The van der Waals surface area contributed by atoms with Crippen LogP contribution >= 0.6 is 22.7 Å². The first-order valence-electron chi connectivity index (χ1n) is 9.41. The predicted molar refractivity (Wildman–Crippen MR) is 118 cm³/mol. The number of rotatable bonds is 5. The van der Waals surface area contributed by atoms with Crippen LogP contribution in [0.2, 0.25) is 0 Å². The summed E-state index contributed by atoms with van der Waals surface area (Å²) in [5, 5.41) is 1.92.